The third-order valence-electron chi connectivity index (χ3n) is 7.98. The maximum Gasteiger partial charge on any atom is 0.424 e. The molecule has 4 aromatic rings. The van der Waals surface area contributed by atoms with Crippen LogP contribution in [0.15, 0.2) is 42.6 Å². The highest BCUT2D eigenvalue weighted by atomic mass is 35.5. The third-order valence-corrected chi connectivity index (χ3v) is 8.66. The number of primary amides is 1. The van der Waals surface area contributed by atoms with Crippen LogP contribution in [-0.2, 0) is 15.8 Å². The number of alkyl halides is 3. The molecule has 0 bridgehead atoms. The van der Waals surface area contributed by atoms with E-state index in [1.54, 1.807) is 10.9 Å². The Morgan fingerprint density at radius 2 is 1.95 bits per heavy atom. The molecule has 0 spiro atoms. The normalized spacial score (nSPS) is 19.4. The van der Waals surface area contributed by atoms with E-state index < -0.39 is 52.1 Å². The number of ether oxygens (including phenoxy) is 1. The number of carbonyl (C=O) groups is 2. The van der Waals surface area contributed by atoms with Crippen LogP contribution < -0.4 is 15.8 Å². The molecule has 9 nitrogen and oxygen atoms in total. The van der Waals surface area contributed by atoms with Crippen molar-refractivity contribution in [2.24, 2.45) is 5.73 Å². The number of nitrogens with two attached hydrogens (primary N) is 1. The number of halogens is 6. The van der Waals surface area contributed by atoms with Gasteiger partial charge in [0, 0.05) is 28.3 Å². The monoisotopic (exact) mass is 651 g/mol. The predicted octanol–water partition coefficient (Wildman–Crippen LogP) is 5.19. The quantitative estimate of drug-likeness (QED) is 0.236. The van der Waals surface area contributed by atoms with Gasteiger partial charge in [0.1, 0.15) is 34.8 Å². The second kappa shape index (κ2) is 10.3. The van der Waals surface area contributed by atoms with Crippen LogP contribution in [0.3, 0.4) is 0 Å². The van der Waals surface area contributed by atoms with Crippen LogP contribution in [0.2, 0.25) is 10.0 Å². The molecule has 1 saturated carbocycles. The fourth-order valence-corrected chi connectivity index (χ4v) is 5.56. The first-order valence-corrected chi connectivity index (χ1v) is 14.1. The molecule has 3 heterocycles. The van der Waals surface area contributed by atoms with Crippen molar-refractivity contribution < 1.29 is 37.0 Å². The second-order valence-electron chi connectivity index (χ2n) is 11.1. The summed E-state index contributed by atoms with van der Waals surface area (Å²) >= 11 is 12.5. The van der Waals surface area contributed by atoms with Gasteiger partial charge < -0.3 is 20.9 Å². The Morgan fingerprint density at radius 3 is 2.61 bits per heavy atom. The Hall–Kier alpha value is -3.94. The SMILES string of the molecule is C[C@]1(C(N)=O)COc2c1cc(C(O)(CNC(=O)c1cc(Cl)c3nn(C4CC4)cc3c1)C(F)(F)F)nc2-c1cccc(F)c1Cl. The summed E-state index contributed by atoms with van der Waals surface area (Å²) in [4.78, 5) is 29.6. The van der Waals surface area contributed by atoms with Crippen LogP contribution >= 0.6 is 23.2 Å². The van der Waals surface area contributed by atoms with Gasteiger partial charge in [-0.1, -0.05) is 35.3 Å². The van der Waals surface area contributed by atoms with Crippen molar-refractivity contribution in [3.63, 3.8) is 0 Å². The zero-order valence-corrected chi connectivity index (χ0v) is 24.3. The van der Waals surface area contributed by atoms with Crippen LogP contribution in [0.4, 0.5) is 17.6 Å². The van der Waals surface area contributed by atoms with Crippen molar-refractivity contribution in [3.8, 4) is 17.0 Å². The Labute approximate surface area is 256 Å². The van der Waals surface area contributed by atoms with Gasteiger partial charge in [0.05, 0.1) is 28.3 Å². The minimum absolute atomic E-state index is 0.0637. The molecule has 1 fully saturated rings. The number of pyridine rings is 1. The van der Waals surface area contributed by atoms with Crippen molar-refractivity contribution in [2.45, 2.75) is 43.0 Å². The molecule has 0 saturated heterocycles. The molecule has 2 aromatic carbocycles. The molecule has 1 aliphatic heterocycles. The van der Waals surface area contributed by atoms with E-state index in [1.807, 2.05) is 0 Å². The molecule has 2 aromatic heterocycles. The van der Waals surface area contributed by atoms with E-state index in [0.29, 0.717) is 10.9 Å². The average Bonchev–Trinajstić information content (AvgIpc) is 3.63. The number of nitrogens with one attached hydrogen (secondary N) is 1. The lowest BCUT2D eigenvalue weighted by Gasteiger charge is -2.31. The molecule has 44 heavy (non-hydrogen) atoms. The molecular formula is C29H23Cl2F4N5O4. The first kappa shape index (κ1) is 30.1. The topological polar surface area (TPSA) is 132 Å². The molecule has 2 aliphatic rings. The molecule has 6 rings (SSSR count). The molecule has 230 valence electrons. The Morgan fingerprint density at radius 1 is 1.23 bits per heavy atom. The lowest BCUT2D eigenvalue weighted by Crippen LogP contribution is -2.51. The van der Waals surface area contributed by atoms with Crippen LogP contribution in [0.1, 0.15) is 47.4 Å². The maximum atomic E-state index is 14.7. The van der Waals surface area contributed by atoms with Crippen LogP contribution in [0, 0.1) is 5.82 Å². The van der Waals surface area contributed by atoms with Gasteiger partial charge in [0.25, 0.3) is 5.91 Å². The summed E-state index contributed by atoms with van der Waals surface area (Å²) in [5.41, 5.74) is -1.09. The van der Waals surface area contributed by atoms with Crippen molar-refractivity contribution in [3.05, 3.63) is 75.3 Å². The van der Waals surface area contributed by atoms with E-state index in [4.69, 9.17) is 33.7 Å². The van der Waals surface area contributed by atoms with Crippen LogP contribution in [-0.4, -0.2) is 51.0 Å². The summed E-state index contributed by atoms with van der Waals surface area (Å²) in [6.07, 6.45) is -1.81. The number of hydrogen-bond acceptors (Lipinski definition) is 6. The summed E-state index contributed by atoms with van der Waals surface area (Å²) in [6, 6.07) is 7.36. The molecule has 1 aliphatic carbocycles. The van der Waals surface area contributed by atoms with Crippen molar-refractivity contribution in [2.75, 3.05) is 13.2 Å². The van der Waals surface area contributed by atoms with E-state index in [0.717, 1.165) is 25.0 Å². The fourth-order valence-electron chi connectivity index (χ4n) is 5.08. The molecule has 0 radical (unpaired) electrons. The molecule has 15 heteroatoms. The maximum absolute atomic E-state index is 14.7. The minimum atomic E-state index is -5.40. The lowest BCUT2D eigenvalue weighted by atomic mass is 9.81. The fraction of sp³-hybridized carbons (Fsp3) is 0.310. The summed E-state index contributed by atoms with van der Waals surface area (Å²) in [6.45, 7) is -0.394. The highest BCUT2D eigenvalue weighted by Crippen LogP contribution is 2.49. The van der Waals surface area contributed by atoms with Crippen molar-refractivity contribution in [1.29, 1.82) is 0 Å². The summed E-state index contributed by atoms with van der Waals surface area (Å²) in [7, 11) is 0. The summed E-state index contributed by atoms with van der Waals surface area (Å²) in [5.74, 6) is -2.93. The molecule has 2 atom stereocenters. The number of amides is 2. The first-order chi connectivity index (χ1) is 20.6. The third kappa shape index (κ3) is 4.83. The van der Waals surface area contributed by atoms with E-state index in [9.17, 15) is 32.3 Å². The number of rotatable bonds is 7. The van der Waals surface area contributed by atoms with E-state index in [2.05, 4.69) is 15.4 Å². The zero-order valence-electron chi connectivity index (χ0n) is 22.8. The molecule has 1 unspecified atom stereocenters. The van der Waals surface area contributed by atoms with Gasteiger partial charge >= 0.3 is 6.18 Å². The number of nitrogens with zero attached hydrogens (tertiary/aromatic N) is 3. The number of fused-ring (bicyclic) bond motifs is 2. The number of hydrogen-bond donors (Lipinski definition) is 3. The van der Waals surface area contributed by atoms with Gasteiger partial charge in [-0.3, -0.25) is 14.3 Å². The molecule has 4 N–H and O–H groups in total. The van der Waals surface area contributed by atoms with E-state index in [-0.39, 0.29) is 45.8 Å². The van der Waals surface area contributed by atoms with Crippen LogP contribution in [0.5, 0.6) is 5.75 Å². The van der Waals surface area contributed by atoms with E-state index >= 15 is 0 Å². The Bertz CT molecular complexity index is 1860. The van der Waals surface area contributed by atoms with Gasteiger partial charge in [-0.15, -0.1) is 0 Å². The minimum Gasteiger partial charge on any atom is -0.489 e. The lowest BCUT2D eigenvalue weighted by molar-refractivity contribution is -0.265. The summed E-state index contributed by atoms with van der Waals surface area (Å²) < 4.78 is 65.9. The second-order valence-corrected chi connectivity index (χ2v) is 11.9. The molecule has 2 amide bonds. The number of benzene rings is 2. The average molecular weight is 652 g/mol. The summed E-state index contributed by atoms with van der Waals surface area (Å²) in [5, 5.41) is 17.9. The number of carbonyl (C=O) groups excluding carboxylic acids is 2. The van der Waals surface area contributed by atoms with Gasteiger partial charge in [0.2, 0.25) is 11.5 Å². The van der Waals surface area contributed by atoms with Gasteiger partial charge in [0.15, 0.2) is 0 Å². The Kier molecular flexibility index (Phi) is 7.06. The largest absolute Gasteiger partial charge is 0.489 e. The highest BCUT2D eigenvalue weighted by Gasteiger charge is 2.57. The highest BCUT2D eigenvalue weighted by molar-refractivity contribution is 6.35. The van der Waals surface area contributed by atoms with Crippen molar-refractivity contribution >= 4 is 45.9 Å². The Balaban J connectivity index is 1.42. The standard InChI is InChI=1S/C29H23Cl2F4N5O4/c1-27(26(36)42)12-44-24-17(27)9-20(38-23(24)16-3-2-4-19(32)21(16)31)28(43,29(33,34)35)11-37-25(41)13-7-14-10-40(15-5-6-15)39-22(14)18(30)8-13/h2-4,7-10,15,43H,5-6,11-12H2,1H3,(H2,36,42)(H,37,41)/t27-,28?/m0/s1. The van der Waals surface area contributed by atoms with E-state index in [1.165, 1.54) is 31.2 Å². The smallest absolute Gasteiger partial charge is 0.424 e. The van der Waals surface area contributed by atoms with Crippen LogP contribution in [0.25, 0.3) is 22.2 Å². The van der Waals surface area contributed by atoms with Crippen molar-refractivity contribution in [1.82, 2.24) is 20.1 Å². The molecular weight excluding hydrogens is 629 g/mol. The number of aromatic nitrogens is 3. The van der Waals surface area contributed by atoms with Gasteiger partial charge in [-0.2, -0.15) is 18.3 Å². The number of aliphatic hydroxyl groups is 1. The zero-order chi connectivity index (χ0) is 31.8. The van der Waals surface area contributed by atoms with Gasteiger partial charge in [-0.05, 0) is 44.0 Å². The predicted molar refractivity (Wildman–Crippen MR) is 152 cm³/mol. The van der Waals surface area contributed by atoms with Gasteiger partial charge in [-0.25, -0.2) is 9.37 Å². The first-order valence-electron chi connectivity index (χ1n) is 13.3.